The van der Waals surface area contributed by atoms with Crippen LogP contribution >= 0.6 is 11.3 Å². The van der Waals surface area contributed by atoms with Gasteiger partial charge in [0.05, 0.1) is 11.2 Å². The minimum atomic E-state index is -0.0346. The summed E-state index contributed by atoms with van der Waals surface area (Å²) in [5.74, 6) is 0. The topological polar surface area (TPSA) is 6.48 Å². The van der Waals surface area contributed by atoms with E-state index in [9.17, 15) is 0 Å². The summed E-state index contributed by atoms with van der Waals surface area (Å²) < 4.78 is 2.88. The van der Waals surface area contributed by atoms with E-state index >= 15 is 0 Å². The van der Waals surface area contributed by atoms with Crippen molar-refractivity contribution in [3.05, 3.63) is 119 Å². The molecule has 1 aromatic heterocycles. The lowest BCUT2D eigenvalue weighted by molar-refractivity contribution is 0.195. The number of nitrogens with zero attached hydrogens (tertiary/aromatic N) is 2. The number of aryl methyl sites for hydroxylation is 1. The van der Waals surface area contributed by atoms with E-state index < -0.39 is 0 Å². The van der Waals surface area contributed by atoms with Gasteiger partial charge in [0.1, 0.15) is 0 Å². The van der Waals surface area contributed by atoms with Gasteiger partial charge < -0.3 is 9.80 Å². The van der Waals surface area contributed by atoms with Crippen molar-refractivity contribution in [3.8, 4) is 11.1 Å². The summed E-state index contributed by atoms with van der Waals surface area (Å²) in [5.41, 5.74) is 20.1. The van der Waals surface area contributed by atoms with Crippen molar-refractivity contribution in [1.82, 2.24) is 0 Å². The van der Waals surface area contributed by atoms with E-state index in [2.05, 4.69) is 156 Å². The maximum Gasteiger partial charge on any atom is 0.264 e. The van der Waals surface area contributed by atoms with Gasteiger partial charge in [-0.05, 0) is 118 Å². The second-order valence-electron chi connectivity index (χ2n) is 18.6. The number of hydrogen-bond acceptors (Lipinski definition) is 3. The maximum absolute atomic E-state index is 2.85. The van der Waals surface area contributed by atoms with Crippen LogP contribution in [0, 0.1) is 6.92 Å². The standard InChI is InChI=1S/C48H47BN2S/c1-28-24-38-41-39(25-28)51-43-35(47(7)22-11-12-23-48(47,51)8)16-13-17-37(43)49(41)44-42(50(38)30-20-18-29(19-21-30)45(2,3)4)33-26-32-31-14-9-10-15-34(31)46(5,6)36(32)27-40(33)52-44/h9-10,13-21,24-27H,11-12,22-23H2,1-8H3. The summed E-state index contributed by atoms with van der Waals surface area (Å²) in [7, 11) is 0. The van der Waals surface area contributed by atoms with Crippen LogP contribution in [0.5, 0.6) is 0 Å². The number of anilines is 5. The normalized spacial score (nSPS) is 22.9. The Kier molecular flexibility index (Phi) is 5.91. The lowest BCUT2D eigenvalue weighted by atomic mass is 9.36. The summed E-state index contributed by atoms with van der Waals surface area (Å²) >= 11 is 2.05. The van der Waals surface area contributed by atoms with Gasteiger partial charge in [0, 0.05) is 48.4 Å². The molecular formula is C48H47BN2S. The van der Waals surface area contributed by atoms with E-state index in [4.69, 9.17) is 0 Å². The third kappa shape index (κ3) is 3.63. The molecule has 3 aliphatic heterocycles. The van der Waals surface area contributed by atoms with Crippen molar-refractivity contribution < 1.29 is 0 Å². The average molecular weight is 695 g/mol. The number of rotatable bonds is 1. The molecule has 258 valence electrons. The van der Waals surface area contributed by atoms with Crippen molar-refractivity contribution in [2.24, 2.45) is 0 Å². The SMILES string of the molecule is Cc1cc2c3c(c1)N1c4c(cccc4C4(C)CCCCC14C)B3c1sc3cc4c(cc3c1N2c1ccc(C(C)(C)C)cc1)-c1ccccc1C4(C)C. The van der Waals surface area contributed by atoms with Gasteiger partial charge in [-0.15, -0.1) is 11.3 Å². The second kappa shape index (κ2) is 9.82. The molecule has 6 aromatic rings. The molecule has 52 heavy (non-hydrogen) atoms. The van der Waals surface area contributed by atoms with E-state index in [0.717, 1.165) is 0 Å². The smallest absolute Gasteiger partial charge is 0.264 e. The monoisotopic (exact) mass is 694 g/mol. The van der Waals surface area contributed by atoms with Crippen LogP contribution < -0.4 is 25.5 Å². The zero-order chi connectivity index (χ0) is 35.7. The minimum Gasteiger partial charge on any atom is -0.335 e. The predicted molar refractivity (Wildman–Crippen MR) is 225 cm³/mol. The van der Waals surface area contributed by atoms with Crippen LogP contribution in [0.3, 0.4) is 0 Å². The molecule has 11 rings (SSSR count). The first-order chi connectivity index (χ1) is 24.8. The molecule has 0 amide bonds. The van der Waals surface area contributed by atoms with Gasteiger partial charge in [0.25, 0.3) is 6.71 Å². The highest BCUT2D eigenvalue weighted by molar-refractivity contribution is 7.33. The van der Waals surface area contributed by atoms with Crippen LogP contribution in [-0.2, 0) is 16.2 Å². The molecular weight excluding hydrogens is 647 g/mol. The molecule has 1 fully saturated rings. The van der Waals surface area contributed by atoms with Crippen LogP contribution in [0.2, 0.25) is 0 Å². The quantitative estimate of drug-likeness (QED) is 0.158. The van der Waals surface area contributed by atoms with E-state index in [1.54, 1.807) is 5.56 Å². The summed E-state index contributed by atoms with van der Waals surface area (Å²) in [6.45, 7) is 19.4. The highest BCUT2D eigenvalue weighted by Gasteiger charge is 2.61. The second-order valence-corrected chi connectivity index (χ2v) is 19.6. The summed E-state index contributed by atoms with van der Waals surface area (Å²) in [4.78, 5) is 5.51. The molecule has 0 N–H and O–H groups in total. The summed E-state index contributed by atoms with van der Waals surface area (Å²) in [6.07, 6.45) is 5.07. The number of benzene rings is 5. The Hall–Kier alpha value is -4.28. The zero-order valence-corrected chi connectivity index (χ0v) is 32.7. The van der Waals surface area contributed by atoms with Crippen molar-refractivity contribution in [1.29, 1.82) is 0 Å². The van der Waals surface area contributed by atoms with Crippen LogP contribution in [0.1, 0.15) is 102 Å². The van der Waals surface area contributed by atoms with Gasteiger partial charge in [-0.2, -0.15) is 0 Å². The maximum atomic E-state index is 2.85. The van der Waals surface area contributed by atoms with E-state index in [-0.39, 0.29) is 28.5 Å². The van der Waals surface area contributed by atoms with E-state index in [0.29, 0.717) is 0 Å². The zero-order valence-electron chi connectivity index (χ0n) is 31.9. The summed E-state index contributed by atoms with van der Waals surface area (Å²) in [5, 5.41) is 1.38. The van der Waals surface area contributed by atoms with Crippen molar-refractivity contribution >= 4 is 72.3 Å². The fourth-order valence-corrected chi connectivity index (χ4v) is 12.8. The van der Waals surface area contributed by atoms with Gasteiger partial charge in [-0.3, -0.25) is 0 Å². The lowest BCUT2D eigenvalue weighted by Gasteiger charge is -2.52. The van der Waals surface area contributed by atoms with E-state index in [1.807, 2.05) is 11.3 Å². The minimum absolute atomic E-state index is 0.0346. The highest BCUT2D eigenvalue weighted by Crippen LogP contribution is 2.62. The van der Waals surface area contributed by atoms with Crippen LogP contribution in [-0.4, -0.2) is 12.3 Å². The number of para-hydroxylation sites is 1. The molecule has 1 saturated carbocycles. The molecule has 2 atom stereocenters. The molecule has 2 nitrogen and oxygen atoms in total. The third-order valence-electron chi connectivity index (χ3n) is 14.4. The number of fused-ring (bicyclic) bond motifs is 12. The van der Waals surface area contributed by atoms with Crippen LogP contribution in [0.4, 0.5) is 28.4 Å². The fraction of sp³-hybridized carbons (Fsp3) is 0.333. The Balaban J connectivity index is 1.25. The summed E-state index contributed by atoms with van der Waals surface area (Å²) in [6, 6.07) is 36.1. The molecule has 5 aliphatic rings. The Bertz CT molecular complexity index is 2550. The number of hydrogen-bond donors (Lipinski definition) is 0. The average Bonchev–Trinajstić information content (AvgIpc) is 3.67. The molecule has 0 radical (unpaired) electrons. The van der Waals surface area contributed by atoms with Crippen molar-refractivity contribution in [2.45, 2.75) is 103 Å². The van der Waals surface area contributed by atoms with Crippen LogP contribution in [0.25, 0.3) is 21.2 Å². The predicted octanol–water partition coefficient (Wildman–Crippen LogP) is 11.2. The Morgan fingerprint density at radius 1 is 0.712 bits per heavy atom. The van der Waals surface area contributed by atoms with Gasteiger partial charge in [-0.25, -0.2) is 0 Å². The first kappa shape index (κ1) is 31.3. The molecule has 0 bridgehead atoms. The largest absolute Gasteiger partial charge is 0.335 e. The van der Waals surface area contributed by atoms with Gasteiger partial charge in [0.2, 0.25) is 0 Å². The first-order valence-corrected chi connectivity index (χ1v) is 20.3. The Morgan fingerprint density at radius 3 is 2.23 bits per heavy atom. The van der Waals surface area contributed by atoms with Gasteiger partial charge in [0.15, 0.2) is 0 Å². The highest BCUT2D eigenvalue weighted by atomic mass is 32.1. The van der Waals surface area contributed by atoms with Gasteiger partial charge >= 0.3 is 0 Å². The molecule has 4 heterocycles. The molecule has 0 spiro atoms. The lowest BCUT2D eigenvalue weighted by Crippen LogP contribution is -2.64. The van der Waals surface area contributed by atoms with Crippen molar-refractivity contribution in [3.63, 3.8) is 0 Å². The molecule has 2 unspecified atom stereocenters. The molecule has 5 aromatic carbocycles. The number of thiophene rings is 1. The van der Waals surface area contributed by atoms with Gasteiger partial charge in [-0.1, -0.05) is 109 Å². The van der Waals surface area contributed by atoms with Crippen molar-refractivity contribution in [2.75, 3.05) is 9.80 Å². The molecule has 2 aliphatic carbocycles. The first-order valence-electron chi connectivity index (χ1n) is 19.5. The Labute approximate surface area is 313 Å². The Morgan fingerprint density at radius 2 is 1.44 bits per heavy atom. The van der Waals surface area contributed by atoms with Crippen LogP contribution in [0.15, 0.2) is 91.0 Å². The fourth-order valence-electron chi connectivity index (χ4n) is 11.5. The van der Waals surface area contributed by atoms with E-state index in [1.165, 1.54) is 113 Å². The molecule has 4 heteroatoms. The third-order valence-corrected chi connectivity index (χ3v) is 15.6. The molecule has 0 saturated heterocycles.